The van der Waals surface area contributed by atoms with Crippen molar-refractivity contribution in [2.45, 2.75) is 51.0 Å². The summed E-state index contributed by atoms with van der Waals surface area (Å²) in [6, 6.07) is 0. The fourth-order valence-corrected chi connectivity index (χ4v) is 5.08. The molecule has 4 rings (SSSR count). The first kappa shape index (κ1) is 8.28. The molecule has 4 bridgehead atoms. The van der Waals surface area contributed by atoms with E-state index in [0.29, 0.717) is 5.41 Å². The molecule has 0 amide bonds. The lowest BCUT2D eigenvalue weighted by atomic mass is 9.44. The van der Waals surface area contributed by atoms with E-state index < -0.39 is 0 Å². The van der Waals surface area contributed by atoms with E-state index in [2.05, 4.69) is 13.8 Å². The highest BCUT2D eigenvalue weighted by molar-refractivity contribution is 5.13. The molecule has 13 heavy (non-hydrogen) atoms. The largest absolute Gasteiger partial charge is 0.390 e. The maximum Gasteiger partial charge on any atom is 0.0661 e. The fourth-order valence-electron chi connectivity index (χ4n) is 5.08. The van der Waals surface area contributed by atoms with Gasteiger partial charge >= 0.3 is 0 Å². The van der Waals surface area contributed by atoms with Crippen LogP contribution < -0.4 is 0 Å². The zero-order valence-electron chi connectivity index (χ0n) is 8.47. The average molecular weight is 179 g/mol. The zero-order chi connectivity index (χ0) is 9.32. The molecule has 0 aromatic rings. The summed E-state index contributed by atoms with van der Waals surface area (Å²) in [5.74, 6) is 0.767. The van der Waals surface area contributed by atoms with Crippen LogP contribution in [-0.2, 0) is 0 Å². The van der Waals surface area contributed by atoms with Crippen LogP contribution >= 0.6 is 0 Å². The van der Waals surface area contributed by atoms with Crippen molar-refractivity contribution in [1.82, 2.24) is 0 Å². The van der Waals surface area contributed by atoms with Gasteiger partial charge in [-0.2, -0.15) is 0 Å². The first-order valence-electron chi connectivity index (χ1n) is 5.48. The summed E-state index contributed by atoms with van der Waals surface area (Å²) >= 11 is 0. The molecule has 4 unspecified atom stereocenters. The van der Waals surface area contributed by atoms with Crippen molar-refractivity contribution in [2.24, 2.45) is 16.7 Å². The molecule has 4 saturated carbocycles. The van der Waals surface area contributed by atoms with Gasteiger partial charge in [0.05, 0.1) is 5.60 Å². The maximum atomic E-state index is 10.4. The van der Waals surface area contributed by atoms with E-state index in [9.17, 15) is 5.11 Å². The predicted octanol–water partition coefficient (Wildman–Crippen LogP) is 2.54. The molecule has 1 nitrogen and oxygen atoms in total. The number of hydrogen-bond acceptors (Lipinski definition) is 1. The number of rotatable bonds is 0. The normalized spacial score (nSPS) is 64.4. The smallest absolute Gasteiger partial charge is 0.0661 e. The van der Waals surface area contributed by atoms with Crippen LogP contribution in [0.25, 0.3) is 0 Å². The highest BCUT2D eigenvalue weighted by Crippen LogP contribution is 2.65. The van der Waals surface area contributed by atoms with Crippen LogP contribution in [0.3, 0.4) is 0 Å². The van der Waals surface area contributed by atoms with E-state index in [-0.39, 0.29) is 11.0 Å². The Morgan fingerprint density at radius 3 is 2.46 bits per heavy atom. The van der Waals surface area contributed by atoms with Gasteiger partial charge in [0, 0.05) is 0 Å². The Labute approximate surface area is 80.5 Å². The molecule has 4 fully saturated rings. The highest BCUT2D eigenvalue weighted by Gasteiger charge is 2.59. The monoisotopic (exact) mass is 179 g/mol. The molecular weight excluding hydrogens is 160 g/mol. The van der Waals surface area contributed by atoms with Gasteiger partial charge in [0.1, 0.15) is 0 Å². The van der Waals surface area contributed by atoms with E-state index in [1.807, 2.05) is 0 Å². The Morgan fingerprint density at radius 2 is 1.92 bits per heavy atom. The minimum atomic E-state index is -0.337. The number of hydrogen-bond donors (Lipinski definition) is 1. The molecule has 0 aliphatic heterocycles. The fraction of sp³-hybridized carbons (Fsp3) is 0.917. The molecule has 73 valence electrons. The van der Waals surface area contributed by atoms with Crippen LogP contribution in [0.1, 0.15) is 45.4 Å². The van der Waals surface area contributed by atoms with E-state index in [1.165, 1.54) is 19.3 Å². The number of aliphatic hydroxyl groups is 1. The molecule has 4 aliphatic carbocycles. The van der Waals surface area contributed by atoms with E-state index >= 15 is 0 Å². The molecule has 0 aromatic heterocycles. The van der Waals surface area contributed by atoms with Crippen molar-refractivity contribution in [3.05, 3.63) is 6.92 Å². The Bertz CT molecular complexity index is 207. The van der Waals surface area contributed by atoms with Gasteiger partial charge in [-0.25, -0.2) is 0 Å². The minimum absolute atomic E-state index is 0.225. The molecule has 0 heterocycles. The quantitative estimate of drug-likeness (QED) is 0.606. The van der Waals surface area contributed by atoms with E-state index in [1.54, 1.807) is 0 Å². The first-order valence-corrected chi connectivity index (χ1v) is 5.48. The van der Waals surface area contributed by atoms with Crippen molar-refractivity contribution >= 4 is 0 Å². The molecule has 0 spiro atoms. The second-order valence-electron chi connectivity index (χ2n) is 6.54. The van der Waals surface area contributed by atoms with Gasteiger partial charge < -0.3 is 5.11 Å². The van der Waals surface area contributed by atoms with E-state index in [4.69, 9.17) is 0 Å². The summed E-state index contributed by atoms with van der Waals surface area (Å²) in [5.41, 5.74) is 0.300. The summed E-state index contributed by atoms with van der Waals surface area (Å²) in [4.78, 5) is 0. The minimum Gasteiger partial charge on any atom is -0.390 e. The summed E-state index contributed by atoms with van der Waals surface area (Å²) in [5, 5.41) is 10.4. The molecule has 0 aromatic carbocycles. The van der Waals surface area contributed by atoms with Gasteiger partial charge in [-0.15, -0.1) is 0 Å². The third-order valence-electron chi connectivity index (χ3n) is 4.43. The van der Waals surface area contributed by atoms with Crippen molar-refractivity contribution in [1.29, 1.82) is 0 Å². The molecule has 1 radical (unpaired) electrons. The van der Waals surface area contributed by atoms with Crippen LogP contribution in [0.15, 0.2) is 0 Å². The van der Waals surface area contributed by atoms with Gasteiger partial charge in [-0.3, -0.25) is 0 Å². The summed E-state index contributed by atoms with van der Waals surface area (Å²) in [6.45, 7) is 6.71. The first-order chi connectivity index (χ1) is 5.91. The lowest BCUT2D eigenvalue weighted by Crippen LogP contribution is -2.58. The Morgan fingerprint density at radius 1 is 1.15 bits per heavy atom. The summed E-state index contributed by atoms with van der Waals surface area (Å²) in [6.07, 6.45) is 6.91. The van der Waals surface area contributed by atoms with E-state index in [0.717, 1.165) is 25.2 Å². The van der Waals surface area contributed by atoms with Gasteiger partial charge in [0.15, 0.2) is 0 Å². The topological polar surface area (TPSA) is 20.2 Å². The molecule has 1 heteroatoms. The second kappa shape index (κ2) is 1.98. The SMILES string of the molecule is [CH2]C12CC3CC(C)(C1)CC(O)(C3)C2. The Balaban J connectivity index is 2.03. The van der Waals surface area contributed by atoms with Crippen molar-refractivity contribution in [3.8, 4) is 0 Å². The third kappa shape index (κ3) is 1.09. The predicted molar refractivity (Wildman–Crippen MR) is 52.0 cm³/mol. The third-order valence-corrected chi connectivity index (χ3v) is 4.43. The lowest BCUT2D eigenvalue weighted by molar-refractivity contribution is -0.181. The average Bonchev–Trinajstić information content (AvgIpc) is 1.71. The Hall–Kier alpha value is -0.0400. The molecular formula is C12H19O. The van der Waals surface area contributed by atoms with Crippen LogP contribution in [0, 0.1) is 23.7 Å². The maximum absolute atomic E-state index is 10.4. The standard InChI is InChI=1S/C12H19O/c1-10-3-9-4-11(2,6-10)8-12(13,5-9)7-10/h9,13H,1,3-8H2,2H3. The van der Waals surface area contributed by atoms with Gasteiger partial charge in [-0.05, 0) is 62.2 Å². The van der Waals surface area contributed by atoms with Crippen molar-refractivity contribution in [3.63, 3.8) is 0 Å². The highest BCUT2D eigenvalue weighted by atomic mass is 16.3. The second-order valence-corrected chi connectivity index (χ2v) is 6.54. The molecule has 4 atom stereocenters. The summed E-state index contributed by atoms with van der Waals surface area (Å²) < 4.78 is 0. The zero-order valence-corrected chi connectivity index (χ0v) is 8.47. The van der Waals surface area contributed by atoms with Crippen LogP contribution in [-0.4, -0.2) is 10.7 Å². The molecule has 4 aliphatic rings. The Kier molecular flexibility index (Phi) is 1.26. The molecule has 1 N–H and O–H groups in total. The van der Waals surface area contributed by atoms with Gasteiger partial charge in [0.25, 0.3) is 0 Å². The van der Waals surface area contributed by atoms with Crippen molar-refractivity contribution < 1.29 is 5.11 Å². The van der Waals surface area contributed by atoms with Crippen LogP contribution in [0.2, 0.25) is 0 Å². The van der Waals surface area contributed by atoms with Gasteiger partial charge in [-0.1, -0.05) is 6.92 Å². The van der Waals surface area contributed by atoms with Crippen LogP contribution in [0.5, 0.6) is 0 Å². The van der Waals surface area contributed by atoms with Gasteiger partial charge in [0.2, 0.25) is 0 Å². The lowest BCUT2D eigenvalue weighted by Gasteiger charge is -2.63. The van der Waals surface area contributed by atoms with Crippen molar-refractivity contribution in [2.75, 3.05) is 0 Å². The summed E-state index contributed by atoms with van der Waals surface area (Å²) in [7, 11) is 0. The molecule has 0 saturated heterocycles. The van der Waals surface area contributed by atoms with Crippen LogP contribution in [0.4, 0.5) is 0 Å².